The monoisotopic (exact) mass is 245 g/mol. The summed E-state index contributed by atoms with van der Waals surface area (Å²) in [6.45, 7) is 6.14. The van der Waals surface area contributed by atoms with Gasteiger partial charge in [-0.25, -0.2) is 0 Å². The van der Waals surface area contributed by atoms with Crippen LogP contribution in [-0.2, 0) is 6.42 Å². The third kappa shape index (κ3) is 2.59. The van der Waals surface area contributed by atoms with Crippen molar-refractivity contribution in [3.63, 3.8) is 0 Å². The lowest BCUT2D eigenvalue weighted by atomic mass is 10.0. The highest BCUT2D eigenvalue weighted by atomic mass is 16.5. The van der Waals surface area contributed by atoms with Crippen molar-refractivity contribution in [1.29, 1.82) is 0 Å². The van der Waals surface area contributed by atoms with Crippen molar-refractivity contribution in [2.45, 2.75) is 39.7 Å². The van der Waals surface area contributed by atoms with E-state index >= 15 is 0 Å². The second-order valence-electron chi connectivity index (χ2n) is 4.66. The van der Waals surface area contributed by atoms with E-state index in [-0.39, 0.29) is 6.04 Å². The Morgan fingerprint density at radius 1 is 1.28 bits per heavy atom. The first-order chi connectivity index (χ1) is 8.61. The first kappa shape index (κ1) is 12.8. The smallest absolute Gasteiger partial charge is 0.258 e. The third-order valence-electron chi connectivity index (χ3n) is 3.13. The van der Waals surface area contributed by atoms with Gasteiger partial charge in [-0.2, -0.15) is 4.98 Å². The molecule has 2 N–H and O–H groups in total. The van der Waals surface area contributed by atoms with Crippen LogP contribution in [0.5, 0.6) is 0 Å². The molecule has 96 valence electrons. The van der Waals surface area contributed by atoms with E-state index in [1.807, 2.05) is 32.0 Å². The number of benzene rings is 1. The Kier molecular flexibility index (Phi) is 3.77. The van der Waals surface area contributed by atoms with Crippen molar-refractivity contribution in [2.75, 3.05) is 0 Å². The Balaban J connectivity index is 2.30. The molecule has 4 nitrogen and oxygen atoms in total. The van der Waals surface area contributed by atoms with Gasteiger partial charge in [-0.1, -0.05) is 30.3 Å². The fraction of sp³-hybridized carbons (Fsp3) is 0.429. The van der Waals surface area contributed by atoms with Gasteiger partial charge < -0.3 is 10.3 Å². The summed E-state index contributed by atoms with van der Waals surface area (Å²) in [5.74, 6) is 1.27. The van der Waals surface area contributed by atoms with Crippen molar-refractivity contribution < 1.29 is 4.52 Å². The minimum absolute atomic E-state index is 0.0911. The van der Waals surface area contributed by atoms with Crippen molar-refractivity contribution in [1.82, 2.24) is 10.1 Å². The summed E-state index contributed by atoms with van der Waals surface area (Å²) in [7, 11) is 0. The summed E-state index contributed by atoms with van der Waals surface area (Å²) in [6, 6.07) is 6.21. The van der Waals surface area contributed by atoms with Crippen molar-refractivity contribution >= 4 is 0 Å². The van der Waals surface area contributed by atoms with Crippen LogP contribution in [0.15, 0.2) is 22.7 Å². The zero-order valence-corrected chi connectivity index (χ0v) is 11.1. The van der Waals surface area contributed by atoms with Crippen LogP contribution < -0.4 is 5.73 Å². The molecule has 1 aromatic heterocycles. The Morgan fingerprint density at radius 3 is 2.56 bits per heavy atom. The van der Waals surface area contributed by atoms with Gasteiger partial charge in [0.15, 0.2) is 5.82 Å². The zero-order valence-electron chi connectivity index (χ0n) is 11.1. The SMILES string of the molecule is CCC(N)Cc1noc(-c2c(C)cccc2C)n1. The molecule has 0 radical (unpaired) electrons. The van der Waals surface area contributed by atoms with E-state index in [1.54, 1.807) is 0 Å². The molecule has 1 atom stereocenters. The number of nitrogens with two attached hydrogens (primary N) is 1. The molecule has 4 heteroatoms. The summed E-state index contributed by atoms with van der Waals surface area (Å²) in [5, 5.41) is 4.00. The Labute approximate surface area is 107 Å². The molecule has 2 aromatic rings. The highest BCUT2D eigenvalue weighted by molar-refractivity contribution is 5.62. The predicted octanol–water partition coefficient (Wildman–Crippen LogP) is 2.63. The lowest BCUT2D eigenvalue weighted by molar-refractivity contribution is 0.418. The molecule has 1 unspecified atom stereocenters. The van der Waals surface area contributed by atoms with Gasteiger partial charge in [-0.3, -0.25) is 0 Å². The van der Waals surface area contributed by atoms with Crippen LogP contribution in [-0.4, -0.2) is 16.2 Å². The number of rotatable bonds is 4. The minimum atomic E-state index is 0.0911. The lowest BCUT2D eigenvalue weighted by Gasteiger charge is -2.04. The molecular formula is C14H19N3O. The third-order valence-corrected chi connectivity index (χ3v) is 3.13. The van der Waals surface area contributed by atoms with E-state index in [1.165, 1.54) is 0 Å². The first-order valence-electron chi connectivity index (χ1n) is 6.26. The number of nitrogens with zero attached hydrogens (tertiary/aromatic N) is 2. The maximum atomic E-state index is 5.89. The Hall–Kier alpha value is -1.68. The van der Waals surface area contributed by atoms with Gasteiger partial charge in [0.2, 0.25) is 0 Å². The van der Waals surface area contributed by atoms with Crippen molar-refractivity contribution in [3.05, 3.63) is 35.2 Å². The van der Waals surface area contributed by atoms with Crippen LogP contribution in [0.1, 0.15) is 30.3 Å². The molecule has 0 aliphatic heterocycles. The second kappa shape index (κ2) is 5.31. The minimum Gasteiger partial charge on any atom is -0.334 e. The van der Waals surface area contributed by atoms with Crippen LogP contribution in [0.2, 0.25) is 0 Å². The second-order valence-corrected chi connectivity index (χ2v) is 4.66. The molecule has 0 aliphatic carbocycles. The van der Waals surface area contributed by atoms with Gasteiger partial charge in [-0.15, -0.1) is 0 Å². The topological polar surface area (TPSA) is 64.9 Å². The van der Waals surface area contributed by atoms with Gasteiger partial charge in [0.1, 0.15) is 0 Å². The first-order valence-corrected chi connectivity index (χ1v) is 6.26. The van der Waals surface area contributed by atoms with Gasteiger partial charge in [0.25, 0.3) is 5.89 Å². The molecule has 0 amide bonds. The average Bonchev–Trinajstić information content (AvgIpc) is 2.77. The summed E-state index contributed by atoms with van der Waals surface area (Å²) in [4.78, 5) is 4.43. The molecule has 2 rings (SSSR count). The summed E-state index contributed by atoms with van der Waals surface area (Å²) >= 11 is 0. The average molecular weight is 245 g/mol. The molecule has 0 aliphatic rings. The van der Waals surface area contributed by atoms with E-state index < -0.39 is 0 Å². The number of aryl methyl sites for hydroxylation is 2. The lowest BCUT2D eigenvalue weighted by Crippen LogP contribution is -2.21. The molecular weight excluding hydrogens is 226 g/mol. The van der Waals surface area contributed by atoms with E-state index in [0.29, 0.717) is 18.1 Å². The van der Waals surface area contributed by atoms with E-state index in [9.17, 15) is 0 Å². The van der Waals surface area contributed by atoms with Gasteiger partial charge in [-0.05, 0) is 31.4 Å². The normalized spacial score (nSPS) is 12.7. The molecule has 0 bridgehead atoms. The number of aromatic nitrogens is 2. The van der Waals surface area contributed by atoms with Crippen LogP contribution >= 0.6 is 0 Å². The highest BCUT2D eigenvalue weighted by Gasteiger charge is 2.14. The Bertz CT molecular complexity index is 513. The van der Waals surface area contributed by atoms with E-state index in [2.05, 4.69) is 17.1 Å². The standard InChI is InChI=1S/C14H19N3O/c1-4-11(15)8-12-16-14(18-17-12)13-9(2)6-5-7-10(13)3/h5-7,11H,4,8,15H2,1-3H3. The van der Waals surface area contributed by atoms with Crippen LogP contribution in [0, 0.1) is 13.8 Å². The van der Waals surface area contributed by atoms with Gasteiger partial charge >= 0.3 is 0 Å². The van der Waals surface area contributed by atoms with Crippen molar-refractivity contribution in [3.8, 4) is 11.5 Å². The van der Waals surface area contributed by atoms with Crippen LogP contribution in [0.25, 0.3) is 11.5 Å². The van der Waals surface area contributed by atoms with E-state index in [0.717, 1.165) is 23.1 Å². The summed E-state index contributed by atoms with van der Waals surface area (Å²) in [6.07, 6.45) is 1.57. The molecule has 18 heavy (non-hydrogen) atoms. The maximum Gasteiger partial charge on any atom is 0.258 e. The number of hydrogen-bond acceptors (Lipinski definition) is 4. The maximum absolute atomic E-state index is 5.89. The molecule has 1 aromatic carbocycles. The molecule has 0 saturated heterocycles. The fourth-order valence-corrected chi connectivity index (χ4v) is 1.97. The van der Waals surface area contributed by atoms with Crippen LogP contribution in [0.3, 0.4) is 0 Å². The molecule has 0 saturated carbocycles. The molecule has 0 spiro atoms. The highest BCUT2D eigenvalue weighted by Crippen LogP contribution is 2.25. The predicted molar refractivity (Wildman–Crippen MR) is 71.2 cm³/mol. The van der Waals surface area contributed by atoms with Gasteiger partial charge in [0.05, 0.1) is 0 Å². The van der Waals surface area contributed by atoms with Crippen LogP contribution in [0.4, 0.5) is 0 Å². The summed E-state index contributed by atoms with van der Waals surface area (Å²) < 4.78 is 5.34. The number of hydrogen-bond donors (Lipinski definition) is 1. The fourth-order valence-electron chi connectivity index (χ4n) is 1.97. The quantitative estimate of drug-likeness (QED) is 0.899. The van der Waals surface area contributed by atoms with Gasteiger partial charge in [0, 0.05) is 18.0 Å². The molecule has 1 heterocycles. The van der Waals surface area contributed by atoms with Crippen molar-refractivity contribution in [2.24, 2.45) is 5.73 Å². The zero-order chi connectivity index (χ0) is 13.1. The molecule has 0 fully saturated rings. The largest absolute Gasteiger partial charge is 0.334 e. The Morgan fingerprint density at radius 2 is 1.94 bits per heavy atom. The van der Waals surface area contributed by atoms with E-state index in [4.69, 9.17) is 10.3 Å². The summed E-state index contributed by atoms with van der Waals surface area (Å²) in [5.41, 5.74) is 9.21.